The first-order chi connectivity index (χ1) is 17.5. The first kappa shape index (κ1) is 24.5. The molecule has 7 heteroatoms. The molecular weight excluding hydrogens is 454 g/mol. The van der Waals surface area contributed by atoms with Gasteiger partial charge in [0.25, 0.3) is 0 Å². The van der Waals surface area contributed by atoms with Crippen LogP contribution in [0.3, 0.4) is 0 Å². The van der Waals surface area contributed by atoms with E-state index in [9.17, 15) is 10.2 Å². The SMILES string of the molecule is CN(Cc1ccc(O/N=C/c2ccc(O)cc2)cc1)Cc1ccc(O/N=C/c2ccc(O)cc2)cc1. The third-order valence-corrected chi connectivity index (χ3v) is 5.26. The number of phenolic OH excluding ortho intramolecular Hbond substituents is 2. The van der Waals surface area contributed by atoms with Gasteiger partial charge in [-0.3, -0.25) is 4.90 Å². The highest BCUT2D eigenvalue weighted by molar-refractivity contribution is 5.79. The number of nitrogens with zero attached hydrogens (tertiary/aromatic N) is 3. The molecule has 0 saturated carbocycles. The summed E-state index contributed by atoms with van der Waals surface area (Å²) in [5.41, 5.74) is 4.01. The van der Waals surface area contributed by atoms with E-state index in [1.807, 2.05) is 48.5 Å². The lowest BCUT2D eigenvalue weighted by molar-refractivity contribution is 0.317. The normalized spacial score (nSPS) is 11.4. The molecule has 0 aliphatic carbocycles. The second kappa shape index (κ2) is 12.2. The number of oxime groups is 2. The molecule has 0 unspecified atom stereocenters. The number of hydrogen-bond acceptors (Lipinski definition) is 7. The molecule has 2 N–H and O–H groups in total. The number of aromatic hydroxyl groups is 2. The van der Waals surface area contributed by atoms with E-state index >= 15 is 0 Å². The van der Waals surface area contributed by atoms with Crippen molar-refractivity contribution in [2.24, 2.45) is 10.3 Å². The summed E-state index contributed by atoms with van der Waals surface area (Å²) in [6.07, 6.45) is 3.19. The van der Waals surface area contributed by atoms with Crippen LogP contribution in [-0.2, 0) is 13.1 Å². The molecule has 36 heavy (non-hydrogen) atoms. The van der Waals surface area contributed by atoms with Crippen molar-refractivity contribution in [2.75, 3.05) is 7.05 Å². The standard InChI is InChI=1S/C29H27N3O4/c1-32(20-24-6-14-28(15-7-24)35-30-18-22-2-10-26(33)11-3-22)21-25-8-16-29(17-9-25)36-31-19-23-4-12-27(34)13-5-23/h2-19,33-34H,20-21H2,1H3/b30-18+,31-19+. The summed E-state index contributed by atoms with van der Waals surface area (Å²) in [6.45, 7) is 1.57. The topological polar surface area (TPSA) is 86.9 Å². The van der Waals surface area contributed by atoms with E-state index in [-0.39, 0.29) is 11.5 Å². The minimum absolute atomic E-state index is 0.215. The molecule has 4 aromatic rings. The fourth-order valence-electron chi connectivity index (χ4n) is 3.41. The Morgan fingerprint density at radius 2 is 0.944 bits per heavy atom. The van der Waals surface area contributed by atoms with E-state index in [1.165, 1.54) is 0 Å². The Kier molecular flexibility index (Phi) is 8.30. The van der Waals surface area contributed by atoms with E-state index in [0.717, 1.165) is 35.3 Å². The first-order valence-corrected chi connectivity index (χ1v) is 11.4. The predicted octanol–water partition coefficient (Wildman–Crippen LogP) is 5.56. The third-order valence-electron chi connectivity index (χ3n) is 5.26. The van der Waals surface area contributed by atoms with Crippen LogP contribution in [0.4, 0.5) is 0 Å². The average molecular weight is 482 g/mol. The van der Waals surface area contributed by atoms with Crippen molar-refractivity contribution in [3.05, 3.63) is 119 Å². The highest BCUT2D eigenvalue weighted by atomic mass is 16.6. The lowest BCUT2D eigenvalue weighted by atomic mass is 10.1. The van der Waals surface area contributed by atoms with Gasteiger partial charge in [0.15, 0.2) is 11.5 Å². The van der Waals surface area contributed by atoms with E-state index < -0.39 is 0 Å². The Hall–Kier alpha value is -4.62. The number of rotatable bonds is 10. The van der Waals surface area contributed by atoms with Crippen molar-refractivity contribution in [2.45, 2.75) is 13.1 Å². The van der Waals surface area contributed by atoms with Crippen LogP contribution in [0.2, 0.25) is 0 Å². The summed E-state index contributed by atoms with van der Waals surface area (Å²) in [5.74, 6) is 1.74. The van der Waals surface area contributed by atoms with Crippen LogP contribution >= 0.6 is 0 Å². The molecule has 0 fully saturated rings. The minimum Gasteiger partial charge on any atom is -0.508 e. The summed E-state index contributed by atoms with van der Waals surface area (Å²) in [6, 6.07) is 29.1. The van der Waals surface area contributed by atoms with Gasteiger partial charge in [-0.05, 0) is 102 Å². The largest absolute Gasteiger partial charge is 0.508 e. The van der Waals surface area contributed by atoms with Gasteiger partial charge in [0.1, 0.15) is 11.5 Å². The maximum absolute atomic E-state index is 9.32. The van der Waals surface area contributed by atoms with Crippen molar-refractivity contribution < 1.29 is 19.9 Å². The van der Waals surface area contributed by atoms with Crippen LogP contribution in [-0.4, -0.2) is 34.6 Å². The molecule has 0 amide bonds. The molecule has 0 heterocycles. The lowest BCUT2D eigenvalue weighted by Gasteiger charge is -2.17. The van der Waals surface area contributed by atoms with Gasteiger partial charge in [-0.25, -0.2) is 0 Å². The Morgan fingerprint density at radius 3 is 1.31 bits per heavy atom. The van der Waals surface area contributed by atoms with Gasteiger partial charge in [0, 0.05) is 13.1 Å². The monoisotopic (exact) mass is 481 g/mol. The quantitative estimate of drug-likeness (QED) is 0.229. The molecule has 0 aliphatic rings. The van der Waals surface area contributed by atoms with Crippen LogP contribution in [0.5, 0.6) is 23.0 Å². The first-order valence-electron chi connectivity index (χ1n) is 11.4. The minimum atomic E-state index is 0.215. The van der Waals surface area contributed by atoms with Crippen LogP contribution in [0, 0.1) is 0 Å². The summed E-state index contributed by atoms with van der Waals surface area (Å²) >= 11 is 0. The van der Waals surface area contributed by atoms with Gasteiger partial charge in [0.05, 0.1) is 12.4 Å². The molecule has 7 nitrogen and oxygen atoms in total. The molecule has 0 atom stereocenters. The maximum Gasteiger partial charge on any atom is 0.157 e. The van der Waals surface area contributed by atoms with Crippen molar-refractivity contribution in [1.29, 1.82) is 0 Å². The maximum atomic E-state index is 9.32. The average Bonchev–Trinajstić information content (AvgIpc) is 2.88. The summed E-state index contributed by atoms with van der Waals surface area (Å²) in [5, 5.41) is 26.6. The van der Waals surface area contributed by atoms with Gasteiger partial charge >= 0.3 is 0 Å². The summed E-state index contributed by atoms with van der Waals surface area (Å²) in [7, 11) is 2.07. The molecule has 0 bridgehead atoms. The van der Waals surface area contributed by atoms with Crippen LogP contribution in [0.1, 0.15) is 22.3 Å². The zero-order valence-corrected chi connectivity index (χ0v) is 19.9. The Bertz CT molecular complexity index is 1180. The molecule has 0 aromatic heterocycles. The predicted molar refractivity (Wildman–Crippen MR) is 141 cm³/mol. The smallest absolute Gasteiger partial charge is 0.157 e. The van der Waals surface area contributed by atoms with E-state index in [0.29, 0.717) is 11.5 Å². The number of phenols is 2. The van der Waals surface area contributed by atoms with E-state index in [1.54, 1.807) is 61.0 Å². The van der Waals surface area contributed by atoms with Crippen molar-refractivity contribution in [3.63, 3.8) is 0 Å². The van der Waals surface area contributed by atoms with Gasteiger partial charge < -0.3 is 19.9 Å². The second-order valence-electron chi connectivity index (χ2n) is 8.29. The third kappa shape index (κ3) is 7.72. The molecule has 0 spiro atoms. The Labute approximate surface area is 210 Å². The van der Waals surface area contributed by atoms with Crippen molar-refractivity contribution >= 4 is 12.4 Å². The zero-order valence-electron chi connectivity index (χ0n) is 19.9. The molecule has 182 valence electrons. The highest BCUT2D eigenvalue weighted by Gasteiger charge is 2.04. The highest BCUT2D eigenvalue weighted by Crippen LogP contribution is 2.17. The lowest BCUT2D eigenvalue weighted by Crippen LogP contribution is -2.17. The second-order valence-corrected chi connectivity index (χ2v) is 8.29. The Balaban J connectivity index is 1.22. The number of hydrogen-bond donors (Lipinski definition) is 2. The fraction of sp³-hybridized carbons (Fsp3) is 0.103. The molecule has 0 radical (unpaired) electrons. The zero-order chi connectivity index (χ0) is 25.2. The van der Waals surface area contributed by atoms with Crippen LogP contribution in [0.15, 0.2) is 107 Å². The van der Waals surface area contributed by atoms with Gasteiger partial charge in [0.2, 0.25) is 0 Å². The molecule has 4 aromatic carbocycles. The van der Waals surface area contributed by atoms with Crippen molar-refractivity contribution in [1.82, 2.24) is 4.90 Å². The fourth-order valence-corrected chi connectivity index (χ4v) is 3.41. The van der Waals surface area contributed by atoms with Gasteiger partial charge in [-0.2, -0.15) is 0 Å². The van der Waals surface area contributed by atoms with Crippen LogP contribution in [0.25, 0.3) is 0 Å². The molecule has 4 rings (SSSR count). The van der Waals surface area contributed by atoms with Gasteiger partial charge in [-0.15, -0.1) is 0 Å². The number of benzene rings is 4. The van der Waals surface area contributed by atoms with Crippen molar-refractivity contribution in [3.8, 4) is 23.0 Å². The van der Waals surface area contributed by atoms with Crippen LogP contribution < -0.4 is 9.68 Å². The van der Waals surface area contributed by atoms with E-state index in [4.69, 9.17) is 9.68 Å². The Morgan fingerprint density at radius 1 is 0.583 bits per heavy atom. The summed E-state index contributed by atoms with van der Waals surface area (Å²) in [4.78, 5) is 13.1. The molecule has 0 saturated heterocycles. The summed E-state index contributed by atoms with van der Waals surface area (Å²) < 4.78 is 0. The van der Waals surface area contributed by atoms with E-state index in [2.05, 4.69) is 22.3 Å². The molecular formula is C29H27N3O4. The van der Waals surface area contributed by atoms with Gasteiger partial charge in [-0.1, -0.05) is 34.6 Å². The molecule has 0 aliphatic heterocycles.